The van der Waals surface area contributed by atoms with Gasteiger partial charge in [-0.05, 0) is 27.2 Å². The summed E-state index contributed by atoms with van der Waals surface area (Å²) in [4.78, 5) is 0. The first kappa shape index (κ1) is 25.3. The molecule has 0 atom stereocenters. The van der Waals surface area contributed by atoms with Crippen LogP contribution in [-0.4, -0.2) is 33.2 Å². The van der Waals surface area contributed by atoms with Gasteiger partial charge in [-0.15, -0.1) is 0 Å². The maximum absolute atomic E-state index is 10.7. The number of hydrogen-bond acceptors (Lipinski definition) is 3. The van der Waals surface area contributed by atoms with Crippen LogP contribution in [0.5, 0.6) is 0 Å². The fourth-order valence-electron chi connectivity index (χ4n) is 2.11. The average molecular weight is 432 g/mol. The first-order valence-electron chi connectivity index (χ1n) is 8.10. The van der Waals surface area contributed by atoms with E-state index in [9.17, 15) is 25.2 Å². The van der Waals surface area contributed by atoms with Crippen LogP contribution < -0.4 is 4.57 Å². The molecule has 0 N–H and O–H groups in total. The van der Waals surface area contributed by atoms with Crippen LogP contribution in [0.3, 0.4) is 0 Å². The van der Waals surface area contributed by atoms with E-state index in [4.69, 9.17) is 13.3 Å². The second-order valence-electron chi connectivity index (χ2n) is 5.36. The molecular weight excluding hydrogens is 405 g/mol. The zero-order valence-electron chi connectivity index (χ0n) is 15.3. The Morgan fingerprint density at radius 3 is 1.65 bits per heavy atom. The van der Waals surface area contributed by atoms with E-state index in [1.807, 2.05) is 38.6 Å². The van der Waals surface area contributed by atoms with Crippen molar-refractivity contribution in [1.29, 1.82) is 0 Å². The van der Waals surface area contributed by atoms with Crippen molar-refractivity contribution < 1.29 is 43.0 Å². The summed E-state index contributed by atoms with van der Waals surface area (Å²) >= 11 is 0. The van der Waals surface area contributed by atoms with Gasteiger partial charge >= 0.3 is 41.8 Å². The van der Waals surface area contributed by atoms with Gasteiger partial charge in [-0.3, -0.25) is 0 Å². The third-order valence-corrected chi connectivity index (χ3v) is 5.97. The summed E-state index contributed by atoms with van der Waals surface area (Å²) in [5.41, 5.74) is 0. The van der Waals surface area contributed by atoms with Gasteiger partial charge in [0.15, 0.2) is 0 Å². The topological polar surface area (TPSA) is 36.5 Å². The summed E-state index contributed by atoms with van der Waals surface area (Å²) < 4.78 is 80.9. The zero-order valence-corrected chi connectivity index (χ0v) is 17.2. The molecule has 0 aliphatic carbocycles. The Morgan fingerprint density at radius 1 is 0.923 bits per heavy atom. The number of halogens is 6. The summed E-state index contributed by atoms with van der Waals surface area (Å²) in [5.74, 6) is 0. The third kappa shape index (κ3) is 15.6. The molecule has 0 saturated heterocycles. The van der Waals surface area contributed by atoms with Gasteiger partial charge < -0.3 is 13.3 Å². The van der Waals surface area contributed by atoms with Gasteiger partial charge in [0.1, 0.15) is 12.4 Å². The molecule has 13 heteroatoms. The fraction of sp³-hybridized carbons (Fsp3) is 0.769. The van der Waals surface area contributed by atoms with Crippen molar-refractivity contribution in [3.63, 3.8) is 0 Å². The summed E-state index contributed by atoms with van der Waals surface area (Å²) in [7, 11) is -11.1. The molecular formula is C13H27F6N2O3PSi. The molecule has 0 radical (unpaired) electrons. The quantitative estimate of drug-likeness (QED) is 0.223. The Hall–Kier alpha value is -0.683. The van der Waals surface area contributed by atoms with Gasteiger partial charge in [-0.2, -0.15) is 0 Å². The van der Waals surface area contributed by atoms with E-state index in [0.717, 1.165) is 19.0 Å². The Bertz CT molecular complexity index is 512. The number of nitrogens with zero attached hydrogens (tertiary/aromatic N) is 2. The molecule has 5 nitrogen and oxygen atoms in total. The van der Waals surface area contributed by atoms with Gasteiger partial charge in [-0.25, -0.2) is 9.13 Å². The Kier molecular flexibility index (Phi) is 8.77. The van der Waals surface area contributed by atoms with Gasteiger partial charge in [0, 0.05) is 25.9 Å². The standard InChI is InChI=1S/C13H27N2O3Si.F6P/c1-5-16-19(17-6-2,18-7-3)12-8-9-15-11-10-14(4)13-15;1-7(2,3,4,5)6/h10-11,13H,5-9,12H2,1-4H3;/q+1;-1. The van der Waals surface area contributed by atoms with Crippen LogP contribution in [0.1, 0.15) is 27.2 Å². The Balaban J connectivity index is 0.000000758. The molecule has 0 fully saturated rings. The summed E-state index contributed by atoms with van der Waals surface area (Å²) in [5, 5.41) is 0. The molecule has 0 amide bonds. The molecule has 0 spiro atoms. The van der Waals surface area contributed by atoms with Gasteiger partial charge in [0.25, 0.3) is 0 Å². The SMILES string of the molecule is CCO[Si](CCCn1cc[n+](C)c1)(OCC)OCC.F[P-](F)(F)(F)(F)F. The molecule has 0 unspecified atom stereocenters. The van der Waals surface area contributed by atoms with Gasteiger partial charge in [0.2, 0.25) is 6.33 Å². The Morgan fingerprint density at radius 2 is 1.35 bits per heavy atom. The number of aryl methyl sites for hydroxylation is 2. The molecule has 0 bridgehead atoms. The average Bonchev–Trinajstić information content (AvgIpc) is 2.82. The van der Waals surface area contributed by atoms with Crippen molar-refractivity contribution in [2.24, 2.45) is 7.05 Å². The Labute approximate surface area is 150 Å². The molecule has 1 aromatic rings. The molecule has 1 rings (SSSR count). The van der Waals surface area contributed by atoms with Crippen LogP contribution in [0.25, 0.3) is 0 Å². The van der Waals surface area contributed by atoms with Crippen LogP contribution in [-0.2, 0) is 26.9 Å². The predicted molar refractivity (Wildman–Crippen MR) is 89.2 cm³/mol. The van der Waals surface area contributed by atoms with E-state index >= 15 is 0 Å². The van der Waals surface area contributed by atoms with E-state index < -0.39 is 16.6 Å². The fourth-order valence-corrected chi connectivity index (χ4v) is 4.71. The molecule has 158 valence electrons. The second kappa shape index (κ2) is 9.00. The first-order chi connectivity index (χ1) is 11.6. The second-order valence-corrected chi connectivity index (χ2v) is 10.0. The monoisotopic (exact) mass is 432 g/mol. The number of hydrogen-bond donors (Lipinski definition) is 0. The van der Waals surface area contributed by atoms with Crippen molar-refractivity contribution in [2.45, 2.75) is 39.8 Å². The number of rotatable bonds is 10. The van der Waals surface area contributed by atoms with E-state index in [-0.39, 0.29) is 0 Å². The van der Waals surface area contributed by atoms with Crippen LogP contribution in [0.4, 0.5) is 25.2 Å². The van der Waals surface area contributed by atoms with Crippen LogP contribution in [0.2, 0.25) is 6.04 Å². The summed E-state index contributed by atoms with van der Waals surface area (Å²) in [6.45, 7) is 8.87. The van der Waals surface area contributed by atoms with E-state index in [0.29, 0.717) is 19.8 Å². The minimum atomic E-state index is -10.7. The number of aromatic nitrogens is 2. The summed E-state index contributed by atoms with van der Waals surface area (Å²) in [6.07, 6.45) is 7.19. The molecule has 0 aliphatic heterocycles. The summed E-state index contributed by atoms with van der Waals surface area (Å²) in [6, 6.07) is 0.865. The van der Waals surface area contributed by atoms with Gasteiger partial charge in [0.05, 0.1) is 13.6 Å². The molecule has 0 saturated carbocycles. The van der Waals surface area contributed by atoms with Crippen LogP contribution >= 0.6 is 7.81 Å². The number of imidazole rings is 1. The molecule has 26 heavy (non-hydrogen) atoms. The van der Waals surface area contributed by atoms with Crippen molar-refractivity contribution in [3.8, 4) is 0 Å². The van der Waals surface area contributed by atoms with Crippen molar-refractivity contribution in [2.75, 3.05) is 19.8 Å². The molecule has 0 aromatic carbocycles. The third-order valence-electron chi connectivity index (χ3n) is 2.82. The van der Waals surface area contributed by atoms with Gasteiger partial charge in [-0.1, -0.05) is 0 Å². The maximum atomic E-state index is 9.87. The van der Waals surface area contributed by atoms with E-state index in [2.05, 4.69) is 17.1 Å². The molecule has 0 aliphatic rings. The minimum absolute atomic E-state index is 0.644. The predicted octanol–water partition coefficient (Wildman–Crippen LogP) is 5.13. The van der Waals surface area contributed by atoms with Crippen LogP contribution in [0.15, 0.2) is 18.7 Å². The van der Waals surface area contributed by atoms with Crippen molar-refractivity contribution in [3.05, 3.63) is 18.7 Å². The zero-order chi connectivity index (χ0) is 20.5. The van der Waals surface area contributed by atoms with E-state index in [1.165, 1.54) is 0 Å². The molecule has 1 heterocycles. The first-order valence-corrected chi connectivity index (χ1v) is 12.1. The normalized spacial score (nSPS) is 15.0. The van der Waals surface area contributed by atoms with E-state index in [1.54, 1.807) is 0 Å². The van der Waals surface area contributed by atoms with Crippen molar-refractivity contribution >= 4 is 16.6 Å². The van der Waals surface area contributed by atoms with Crippen LogP contribution in [0, 0.1) is 0 Å². The molecule has 1 aromatic heterocycles. The van der Waals surface area contributed by atoms with Crippen molar-refractivity contribution in [1.82, 2.24) is 4.57 Å².